The number of ether oxygens (including phenoxy) is 1. The fraction of sp³-hybridized carbons (Fsp3) is 0.133. The smallest absolute Gasteiger partial charge is 0.243 e. The van der Waals surface area contributed by atoms with E-state index in [9.17, 15) is 4.79 Å². The molecule has 2 N–H and O–H groups in total. The number of carbonyl (C=O) groups is 1. The van der Waals surface area contributed by atoms with Crippen molar-refractivity contribution in [2.75, 3.05) is 24.3 Å². The van der Waals surface area contributed by atoms with Crippen LogP contribution in [-0.4, -0.2) is 19.6 Å². The van der Waals surface area contributed by atoms with Gasteiger partial charge in [-0.25, -0.2) is 0 Å². The van der Waals surface area contributed by atoms with Crippen LogP contribution in [0.2, 0.25) is 10.0 Å². The van der Waals surface area contributed by atoms with Crippen molar-refractivity contribution in [2.45, 2.75) is 0 Å². The summed E-state index contributed by atoms with van der Waals surface area (Å²) in [5.41, 5.74) is 1.40. The van der Waals surface area contributed by atoms with E-state index in [0.717, 1.165) is 5.69 Å². The Bertz CT molecular complexity index is 647. The molecular formula is C15H14Cl2N2O2. The van der Waals surface area contributed by atoms with Gasteiger partial charge in [0.2, 0.25) is 5.91 Å². The van der Waals surface area contributed by atoms with Crippen LogP contribution in [0.1, 0.15) is 0 Å². The number of carbonyl (C=O) groups excluding carboxylic acids is 1. The van der Waals surface area contributed by atoms with Crippen molar-refractivity contribution in [1.82, 2.24) is 0 Å². The van der Waals surface area contributed by atoms with E-state index < -0.39 is 0 Å². The SMILES string of the molecule is COc1cc(NCC(=O)Nc2cccc(Cl)c2)ccc1Cl. The van der Waals surface area contributed by atoms with Crippen LogP contribution in [0.15, 0.2) is 42.5 Å². The number of halogens is 2. The van der Waals surface area contributed by atoms with Gasteiger partial charge < -0.3 is 15.4 Å². The summed E-state index contributed by atoms with van der Waals surface area (Å²) in [4.78, 5) is 11.8. The van der Waals surface area contributed by atoms with Crippen molar-refractivity contribution < 1.29 is 9.53 Å². The van der Waals surface area contributed by atoms with Crippen molar-refractivity contribution in [3.8, 4) is 5.75 Å². The van der Waals surface area contributed by atoms with E-state index in [0.29, 0.717) is 21.5 Å². The first kappa shape index (κ1) is 15.5. The molecule has 0 unspecified atom stereocenters. The van der Waals surface area contributed by atoms with Gasteiger partial charge in [-0.1, -0.05) is 29.3 Å². The van der Waals surface area contributed by atoms with E-state index in [1.807, 2.05) is 0 Å². The maximum Gasteiger partial charge on any atom is 0.243 e. The van der Waals surface area contributed by atoms with E-state index in [1.54, 1.807) is 42.5 Å². The summed E-state index contributed by atoms with van der Waals surface area (Å²) in [5.74, 6) is 0.378. The minimum atomic E-state index is -0.175. The zero-order valence-electron chi connectivity index (χ0n) is 11.3. The monoisotopic (exact) mass is 324 g/mol. The third-order valence-electron chi connectivity index (χ3n) is 2.71. The maximum atomic E-state index is 11.8. The highest BCUT2D eigenvalue weighted by Gasteiger charge is 2.05. The van der Waals surface area contributed by atoms with Crippen LogP contribution in [-0.2, 0) is 4.79 Å². The maximum absolute atomic E-state index is 11.8. The molecule has 0 fully saturated rings. The summed E-state index contributed by atoms with van der Waals surface area (Å²) in [5, 5.41) is 6.84. The number of hydrogen-bond acceptors (Lipinski definition) is 3. The molecule has 0 aliphatic rings. The predicted molar refractivity (Wildman–Crippen MR) is 86.6 cm³/mol. The Labute approximate surface area is 133 Å². The van der Waals surface area contributed by atoms with E-state index in [2.05, 4.69) is 10.6 Å². The van der Waals surface area contributed by atoms with Gasteiger partial charge in [0.15, 0.2) is 0 Å². The quantitative estimate of drug-likeness (QED) is 0.872. The highest BCUT2D eigenvalue weighted by molar-refractivity contribution is 6.32. The van der Waals surface area contributed by atoms with Gasteiger partial charge in [-0.15, -0.1) is 0 Å². The van der Waals surface area contributed by atoms with Crippen molar-refractivity contribution in [3.63, 3.8) is 0 Å². The minimum Gasteiger partial charge on any atom is -0.495 e. The van der Waals surface area contributed by atoms with Crippen LogP contribution >= 0.6 is 23.2 Å². The van der Waals surface area contributed by atoms with Crippen LogP contribution in [0.3, 0.4) is 0 Å². The second kappa shape index (κ2) is 7.20. The fourth-order valence-corrected chi connectivity index (χ4v) is 2.11. The Morgan fingerprint density at radius 3 is 2.67 bits per heavy atom. The molecule has 0 bridgehead atoms. The molecule has 2 aromatic rings. The van der Waals surface area contributed by atoms with Crippen LogP contribution in [0.25, 0.3) is 0 Å². The number of rotatable bonds is 5. The van der Waals surface area contributed by atoms with Gasteiger partial charge in [-0.2, -0.15) is 0 Å². The Hall–Kier alpha value is -1.91. The van der Waals surface area contributed by atoms with Gasteiger partial charge in [0.05, 0.1) is 18.7 Å². The predicted octanol–water partition coefficient (Wildman–Crippen LogP) is 4.05. The average Bonchev–Trinajstić information content (AvgIpc) is 2.46. The van der Waals surface area contributed by atoms with Gasteiger partial charge in [0, 0.05) is 22.5 Å². The summed E-state index contributed by atoms with van der Waals surface area (Å²) in [7, 11) is 1.54. The highest BCUT2D eigenvalue weighted by Crippen LogP contribution is 2.27. The van der Waals surface area contributed by atoms with Gasteiger partial charge in [-0.05, 0) is 30.3 Å². The average molecular weight is 325 g/mol. The van der Waals surface area contributed by atoms with Crippen LogP contribution < -0.4 is 15.4 Å². The lowest BCUT2D eigenvalue weighted by Gasteiger charge is -2.10. The summed E-state index contributed by atoms with van der Waals surface area (Å²) in [6, 6.07) is 12.2. The van der Waals surface area contributed by atoms with E-state index in [1.165, 1.54) is 7.11 Å². The van der Waals surface area contributed by atoms with Crippen molar-refractivity contribution in [2.24, 2.45) is 0 Å². The zero-order chi connectivity index (χ0) is 15.2. The molecule has 0 radical (unpaired) electrons. The molecule has 0 aliphatic heterocycles. The Morgan fingerprint density at radius 1 is 1.14 bits per heavy atom. The van der Waals surface area contributed by atoms with E-state index >= 15 is 0 Å². The topological polar surface area (TPSA) is 50.4 Å². The van der Waals surface area contributed by atoms with Gasteiger partial charge >= 0.3 is 0 Å². The number of hydrogen-bond donors (Lipinski definition) is 2. The molecule has 0 aromatic heterocycles. The molecule has 0 heterocycles. The molecule has 2 rings (SSSR count). The second-order valence-electron chi connectivity index (χ2n) is 4.26. The number of nitrogens with one attached hydrogen (secondary N) is 2. The molecule has 0 aliphatic carbocycles. The highest BCUT2D eigenvalue weighted by atomic mass is 35.5. The first-order valence-corrected chi connectivity index (χ1v) is 6.97. The number of amides is 1. The Morgan fingerprint density at radius 2 is 1.95 bits per heavy atom. The zero-order valence-corrected chi connectivity index (χ0v) is 12.8. The van der Waals surface area contributed by atoms with Crippen molar-refractivity contribution in [3.05, 3.63) is 52.5 Å². The lowest BCUT2D eigenvalue weighted by molar-refractivity contribution is -0.114. The molecule has 4 nitrogen and oxygen atoms in total. The molecule has 1 amide bonds. The molecule has 0 saturated carbocycles. The van der Waals surface area contributed by atoms with Gasteiger partial charge in [0.25, 0.3) is 0 Å². The summed E-state index contributed by atoms with van der Waals surface area (Å²) in [6.07, 6.45) is 0. The van der Waals surface area contributed by atoms with Crippen molar-refractivity contribution in [1.29, 1.82) is 0 Å². The number of methoxy groups -OCH3 is 1. The minimum absolute atomic E-state index is 0.122. The molecule has 0 atom stereocenters. The van der Waals surface area contributed by atoms with Crippen LogP contribution in [0.5, 0.6) is 5.75 Å². The molecule has 21 heavy (non-hydrogen) atoms. The van der Waals surface area contributed by atoms with E-state index in [-0.39, 0.29) is 12.5 Å². The second-order valence-corrected chi connectivity index (χ2v) is 5.11. The lowest BCUT2D eigenvalue weighted by atomic mass is 10.3. The third-order valence-corrected chi connectivity index (χ3v) is 3.26. The summed E-state index contributed by atoms with van der Waals surface area (Å²) >= 11 is 11.8. The van der Waals surface area contributed by atoms with Crippen LogP contribution in [0.4, 0.5) is 11.4 Å². The molecule has 110 valence electrons. The first-order valence-electron chi connectivity index (χ1n) is 6.21. The largest absolute Gasteiger partial charge is 0.495 e. The first-order chi connectivity index (χ1) is 10.1. The standard InChI is InChI=1S/C15H14Cl2N2O2/c1-21-14-8-11(5-6-13(14)17)18-9-15(20)19-12-4-2-3-10(16)7-12/h2-8,18H,9H2,1H3,(H,19,20). The third kappa shape index (κ3) is 4.55. The summed E-state index contributed by atoms with van der Waals surface area (Å²) < 4.78 is 5.11. The van der Waals surface area contributed by atoms with Crippen LogP contribution in [0, 0.1) is 0 Å². The lowest BCUT2D eigenvalue weighted by Crippen LogP contribution is -2.21. The summed E-state index contributed by atoms with van der Waals surface area (Å²) in [6.45, 7) is 0.122. The van der Waals surface area contributed by atoms with Gasteiger partial charge in [-0.3, -0.25) is 4.79 Å². The van der Waals surface area contributed by atoms with Gasteiger partial charge in [0.1, 0.15) is 5.75 Å². The molecular weight excluding hydrogens is 311 g/mol. The molecule has 0 saturated heterocycles. The normalized spacial score (nSPS) is 10.0. The molecule has 0 spiro atoms. The van der Waals surface area contributed by atoms with Crippen molar-refractivity contribution >= 4 is 40.5 Å². The number of benzene rings is 2. The number of anilines is 2. The van der Waals surface area contributed by atoms with E-state index in [4.69, 9.17) is 27.9 Å². The molecule has 2 aromatic carbocycles. The Kier molecular flexibility index (Phi) is 5.31. The fourth-order valence-electron chi connectivity index (χ4n) is 1.72. The Balaban J connectivity index is 1.92. The molecule has 6 heteroatoms.